The number of sulfonamides is 1. The summed E-state index contributed by atoms with van der Waals surface area (Å²) in [4.78, 5) is 0.0302. The van der Waals surface area contributed by atoms with Crippen molar-refractivity contribution in [3.63, 3.8) is 0 Å². The number of nitrogens with one attached hydrogen (secondary N) is 1. The predicted molar refractivity (Wildman–Crippen MR) is 67.6 cm³/mol. The van der Waals surface area contributed by atoms with Crippen LogP contribution in [0, 0.1) is 5.82 Å². The van der Waals surface area contributed by atoms with Gasteiger partial charge >= 0.3 is 0 Å². The smallest absolute Gasteiger partial charge is 0.243 e. The standard InChI is InChI=1S/C11H14ClFN2O2S/c1-2-15(8-6-14-7-8)18(16,17)9-3-4-11(13)10(12)5-9/h3-5,8,14H,2,6-7H2,1H3. The molecule has 100 valence electrons. The second-order valence-electron chi connectivity index (χ2n) is 4.10. The molecule has 0 aromatic heterocycles. The van der Waals surface area contributed by atoms with Gasteiger partial charge in [-0.1, -0.05) is 18.5 Å². The van der Waals surface area contributed by atoms with E-state index in [0.29, 0.717) is 19.6 Å². The fourth-order valence-electron chi connectivity index (χ4n) is 1.87. The SMILES string of the molecule is CCN(C1CNC1)S(=O)(=O)c1ccc(F)c(Cl)c1. The molecule has 0 bridgehead atoms. The van der Waals surface area contributed by atoms with E-state index in [1.807, 2.05) is 0 Å². The van der Waals surface area contributed by atoms with Crippen LogP contribution in [0.5, 0.6) is 0 Å². The molecule has 1 fully saturated rings. The van der Waals surface area contributed by atoms with Crippen LogP contribution in [0.2, 0.25) is 5.02 Å². The molecule has 0 aliphatic carbocycles. The van der Waals surface area contributed by atoms with Gasteiger partial charge in [-0.3, -0.25) is 0 Å². The van der Waals surface area contributed by atoms with Gasteiger partial charge in [-0.2, -0.15) is 4.31 Å². The zero-order valence-corrected chi connectivity index (χ0v) is 11.4. The molecule has 1 saturated heterocycles. The van der Waals surface area contributed by atoms with Crippen LogP contribution in [0.4, 0.5) is 4.39 Å². The van der Waals surface area contributed by atoms with Crippen molar-refractivity contribution in [3.8, 4) is 0 Å². The monoisotopic (exact) mass is 292 g/mol. The largest absolute Gasteiger partial charge is 0.313 e. The third-order valence-corrected chi connectivity index (χ3v) is 5.29. The molecular formula is C11H14ClFN2O2S. The van der Waals surface area contributed by atoms with E-state index in [1.165, 1.54) is 10.4 Å². The van der Waals surface area contributed by atoms with Crippen LogP contribution in [0.15, 0.2) is 23.1 Å². The number of hydrogen-bond donors (Lipinski definition) is 1. The molecule has 7 heteroatoms. The van der Waals surface area contributed by atoms with Crippen molar-refractivity contribution in [1.29, 1.82) is 0 Å². The molecule has 0 spiro atoms. The fraction of sp³-hybridized carbons (Fsp3) is 0.455. The first-order chi connectivity index (χ1) is 8.46. The lowest BCUT2D eigenvalue weighted by atomic mass is 10.2. The molecule has 0 atom stereocenters. The summed E-state index contributed by atoms with van der Waals surface area (Å²) in [6, 6.07) is 3.43. The van der Waals surface area contributed by atoms with Gasteiger partial charge in [-0.15, -0.1) is 0 Å². The molecule has 0 radical (unpaired) electrons. The Morgan fingerprint density at radius 3 is 2.61 bits per heavy atom. The zero-order valence-electron chi connectivity index (χ0n) is 9.86. The molecule has 1 heterocycles. The van der Waals surface area contributed by atoms with E-state index in [2.05, 4.69) is 5.32 Å². The van der Waals surface area contributed by atoms with Gasteiger partial charge in [0.25, 0.3) is 0 Å². The van der Waals surface area contributed by atoms with Crippen LogP contribution >= 0.6 is 11.6 Å². The summed E-state index contributed by atoms with van der Waals surface area (Å²) >= 11 is 5.62. The molecule has 0 amide bonds. The zero-order chi connectivity index (χ0) is 13.3. The Hall–Kier alpha value is -0.690. The molecule has 18 heavy (non-hydrogen) atoms. The maximum Gasteiger partial charge on any atom is 0.243 e. The Morgan fingerprint density at radius 1 is 1.50 bits per heavy atom. The van der Waals surface area contributed by atoms with Gasteiger partial charge in [0.05, 0.1) is 9.92 Å². The summed E-state index contributed by atoms with van der Waals surface area (Å²) in [6.45, 7) is 3.44. The van der Waals surface area contributed by atoms with Crippen molar-refractivity contribution in [2.75, 3.05) is 19.6 Å². The van der Waals surface area contributed by atoms with Crippen molar-refractivity contribution in [2.45, 2.75) is 17.9 Å². The van der Waals surface area contributed by atoms with Gasteiger partial charge in [0.15, 0.2) is 0 Å². The molecular weight excluding hydrogens is 279 g/mol. The molecule has 1 N–H and O–H groups in total. The van der Waals surface area contributed by atoms with Crippen molar-refractivity contribution < 1.29 is 12.8 Å². The lowest BCUT2D eigenvalue weighted by Crippen LogP contribution is -2.58. The third-order valence-electron chi connectivity index (χ3n) is 2.98. The highest BCUT2D eigenvalue weighted by Gasteiger charge is 2.33. The van der Waals surface area contributed by atoms with E-state index in [-0.39, 0.29) is 16.0 Å². The van der Waals surface area contributed by atoms with E-state index >= 15 is 0 Å². The van der Waals surface area contributed by atoms with Gasteiger partial charge in [0.2, 0.25) is 10.0 Å². The summed E-state index contributed by atoms with van der Waals surface area (Å²) in [6.07, 6.45) is 0. The van der Waals surface area contributed by atoms with Crippen molar-refractivity contribution >= 4 is 21.6 Å². The van der Waals surface area contributed by atoms with Crippen LogP contribution in [0.3, 0.4) is 0 Å². The first-order valence-corrected chi connectivity index (χ1v) is 7.46. The summed E-state index contributed by atoms with van der Waals surface area (Å²) < 4.78 is 39.2. The Bertz CT molecular complexity index is 546. The van der Waals surface area contributed by atoms with E-state index < -0.39 is 15.8 Å². The molecule has 1 aromatic carbocycles. The van der Waals surface area contributed by atoms with Gasteiger partial charge < -0.3 is 5.32 Å². The number of nitrogens with zero attached hydrogens (tertiary/aromatic N) is 1. The first kappa shape index (κ1) is 13.7. The lowest BCUT2D eigenvalue weighted by molar-refractivity contribution is 0.249. The van der Waals surface area contributed by atoms with E-state index in [4.69, 9.17) is 11.6 Å². The average molecular weight is 293 g/mol. The van der Waals surface area contributed by atoms with Gasteiger partial charge in [0, 0.05) is 25.7 Å². The summed E-state index contributed by atoms with van der Waals surface area (Å²) in [5.74, 6) is -0.621. The highest BCUT2D eigenvalue weighted by atomic mass is 35.5. The van der Waals surface area contributed by atoms with Crippen LogP contribution in [-0.4, -0.2) is 38.4 Å². The minimum Gasteiger partial charge on any atom is -0.313 e. The minimum atomic E-state index is -3.61. The van der Waals surface area contributed by atoms with E-state index in [0.717, 1.165) is 12.1 Å². The summed E-state index contributed by atoms with van der Waals surface area (Å²) in [5, 5.41) is 2.85. The number of halogens is 2. The topological polar surface area (TPSA) is 49.4 Å². The number of benzene rings is 1. The van der Waals surface area contributed by atoms with Crippen LogP contribution in [0.1, 0.15) is 6.92 Å². The van der Waals surface area contributed by atoms with Crippen molar-refractivity contribution in [1.82, 2.24) is 9.62 Å². The molecule has 4 nitrogen and oxygen atoms in total. The Morgan fingerprint density at radius 2 is 2.17 bits per heavy atom. The minimum absolute atomic E-state index is 0.0302. The summed E-state index contributed by atoms with van der Waals surface area (Å²) in [7, 11) is -3.61. The molecule has 0 saturated carbocycles. The second-order valence-corrected chi connectivity index (χ2v) is 6.39. The Labute approximate surface area is 111 Å². The van der Waals surface area contributed by atoms with Crippen LogP contribution in [-0.2, 0) is 10.0 Å². The summed E-state index contributed by atoms with van der Waals surface area (Å²) in [5.41, 5.74) is 0. The maximum atomic E-state index is 13.1. The quantitative estimate of drug-likeness (QED) is 0.914. The predicted octanol–water partition coefficient (Wildman–Crippen LogP) is 1.46. The first-order valence-electron chi connectivity index (χ1n) is 5.64. The van der Waals surface area contributed by atoms with Gasteiger partial charge in [-0.25, -0.2) is 12.8 Å². The Kier molecular flexibility index (Phi) is 3.91. The molecule has 1 aliphatic rings. The molecule has 1 aromatic rings. The van der Waals surface area contributed by atoms with Crippen molar-refractivity contribution in [3.05, 3.63) is 29.0 Å². The molecule has 1 aliphatic heterocycles. The average Bonchev–Trinajstić information content (AvgIpc) is 2.26. The Balaban J connectivity index is 2.36. The third kappa shape index (κ3) is 2.38. The van der Waals surface area contributed by atoms with Gasteiger partial charge in [0.1, 0.15) is 5.82 Å². The second kappa shape index (κ2) is 5.13. The number of rotatable bonds is 4. The fourth-order valence-corrected chi connectivity index (χ4v) is 3.78. The number of hydrogen-bond acceptors (Lipinski definition) is 3. The lowest BCUT2D eigenvalue weighted by Gasteiger charge is -2.36. The maximum absolute atomic E-state index is 13.1. The van der Waals surface area contributed by atoms with E-state index in [1.54, 1.807) is 6.92 Å². The van der Waals surface area contributed by atoms with Crippen molar-refractivity contribution in [2.24, 2.45) is 0 Å². The van der Waals surface area contributed by atoms with Crippen LogP contribution < -0.4 is 5.32 Å². The highest BCUT2D eigenvalue weighted by Crippen LogP contribution is 2.24. The number of likely N-dealkylation sites (N-methyl/N-ethyl adjacent to an activating group) is 1. The normalized spacial score (nSPS) is 16.9. The van der Waals surface area contributed by atoms with E-state index in [9.17, 15) is 12.8 Å². The molecule has 0 unspecified atom stereocenters. The van der Waals surface area contributed by atoms with Crippen LogP contribution in [0.25, 0.3) is 0 Å². The van der Waals surface area contributed by atoms with Gasteiger partial charge in [-0.05, 0) is 18.2 Å². The molecule has 2 rings (SSSR count). The highest BCUT2D eigenvalue weighted by molar-refractivity contribution is 7.89.